The van der Waals surface area contributed by atoms with Crippen molar-refractivity contribution >= 4 is 0 Å². The summed E-state index contributed by atoms with van der Waals surface area (Å²) in [6.07, 6.45) is 5.83. The zero-order valence-electron chi connectivity index (χ0n) is 12.8. The molecule has 2 fully saturated rings. The van der Waals surface area contributed by atoms with Gasteiger partial charge in [0, 0.05) is 39.3 Å². The smallest absolute Gasteiger partial charge is 0.0889 e. The van der Waals surface area contributed by atoms with Gasteiger partial charge in [0.1, 0.15) is 0 Å². The molecule has 1 spiro atoms. The summed E-state index contributed by atoms with van der Waals surface area (Å²) in [5.74, 6) is 0. The van der Waals surface area contributed by atoms with E-state index in [-0.39, 0.29) is 5.60 Å². The lowest BCUT2D eigenvalue weighted by Crippen LogP contribution is -2.49. The summed E-state index contributed by atoms with van der Waals surface area (Å²) < 4.78 is 11.5. The van der Waals surface area contributed by atoms with E-state index in [1.54, 1.807) is 0 Å². The number of rotatable bonds is 3. The highest BCUT2D eigenvalue weighted by Gasteiger charge is 2.35. The van der Waals surface area contributed by atoms with Gasteiger partial charge in [-0.05, 0) is 26.2 Å². The summed E-state index contributed by atoms with van der Waals surface area (Å²) in [5, 5.41) is 0. The molecule has 0 radical (unpaired) electrons. The quantitative estimate of drug-likeness (QED) is 0.732. The first-order chi connectivity index (χ1) is 9.76. The van der Waals surface area contributed by atoms with Crippen LogP contribution in [-0.4, -0.2) is 74.5 Å². The van der Waals surface area contributed by atoms with Crippen LogP contribution in [0.1, 0.15) is 26.2 Å². The summed E-state index contributed by atoms with van der Waals surface area (Å²) in [5.41, 5.74) is 1.58. The van der Waals surface area contributed by atoms with Gasteiger partial charge in [-0.2, -0.15) is 0 Å². The standard InChI is InChI=1S/C16H28N2O2/c1-15-2-11-20-16(14-15)3-5-17(6-4-16)7-8-18-9-12-19-13-10-18/h14H,2-13H2,1H3. The van der Waals surface area contributed by atoms with Gasteiger partial charge in [-0.25, -0.2) is 0 Å². The number of likely N-dealkylation sites (tertiary alicyclic amines) is 1. The fraction of sp³-hybridized carbons (Fsp3) is 0.875. The molecule has 0 saturated carbocycles. The van der Waals surface area contributed by atoms with Crippen LogP contribution < -0.4 is 0 Å². The molecular formula is C16H28N2O2. The fourth-order valence-corrected chi connectivity index (χ4v) is 3.53. The van der Waals surface area contributed by atoms with Gasteiger partial charge in [0.05, 0.1) is 25.4 Å². The molecule has 3 rings (SSSR count). The van der Waals surface area contributed by atoms with Crippen molar-refractivity contribution in [3.63, 3.8) is 0 Å². The molecule has 3 aliphatic rings. The Labute approximate surface area is 122 Å². The van der Waals surface area contributed by atoms with E-state index in [1.807, 2.05) is 0 Å². The normalized spacial score (nSPS) is 28.6. The van der Waals surface area contributed by atoms with E-state index >= 15 is 0 Å². The fourth-order valence-electron chi connectivity index (χ4n) is 3.53. The second-order valence-electron chi connectivity index (χ2n) is 6.45. The second kappa shape index (κ2) is 6.56. The molecule has 0 amide bonds. The molecular weight excluding hydrogens is 252 g/mol. The lowest BCUT2D eigenvalue weighted by Gasteiger charge is -2.42. The van der Waals surface area contributed by atoms with E-state index in [1.165, 1.54) is 31.8 Å². The zero-order valence-corrected chi connectivity index (χ0v) is 12.8. The number of piperidine rings is 1. The Morgan fingerprint density at radius 2 is 1.65 bits per heavy atom. The van der Waals surface area contributed by atoms with Gasteiger partial charge in [0.2, 0.25) is 0 Å². The largest absolute Gasteiger partial charge is 0.379 e. The molecule has 0 aromatic heterocycles. The second-order valence-corrected chi connectivity index (χ2v) is 6.45. The maximum atomic E-state index is 6.09. The van der Waals surface area contributed by atoms with Crippen molar-refractivity contribution in [3.8, 4) is 0 Å². The summed E-state index contributed by atoms with van der Waals surface area (Å²) >= 11 is 0. The van der Waals surface area contributed by atoms with Crippen LogP contribution in [0.2, 0.25) is 0 Å². The SMILES string of the molecule is CC1=CC2(CCN(CCN3CCOCC3)CC2)OCC1. The van der Waals surface area contributed by atoms with E-state index in [4.69, 9.17) is 9.47 Å². The molecule has 2 saturated heterocycles. The molecule has 0 N–H and O–H groups in total. The minimum absolute atomic E-state index is 0.0673. The van der Waals surface area contributed by atoms with E-state index in [9.17, 15) is 0 Å². The molecule has 0 aliphatic carbocycles. The molecule has 4 heteroatoms. The Hall–Kier alpha value is -0.420. The van der Waals surface area contributed by atoms with Gasteiger partial charge in [0.25, 0.3) is 0 Å². The van der Waals surface area contributed by atoms with Crippen LogP contribution >= 0.6 is 0 Å². The van der Waals surface area contributed by atoms with Gasteiger partial charge in [-0.3, -0.25) is 4.90 Å². The Morgan fingerprint density at radius 3 is 2.30 bits per heavy atom. The van der Waals surface area contributed by atoms with Gasteiger partial charge in [-0.15, -0.1) is 0 Å². The van der Waals surface area contributed by atoms with Crippen molar-refractivity contribution in [3.05, 3.63) is 11.6 Å². The van der Waals surface area contributed by atoms with Crippen molar-refractivity contribution in [1.29, 1.82) is 0 Å². The number of ether oxygens (including phenoxy) is 2. The van der Waals surface area contributed by atoms with Crippen LogP contribution in [0.15, 0.2) is 11.6 Å². The highest BCUT2D eigenvalue weighted by atomic mass is 16.5. The summed E-state index contributed by atoms with van der Waals surface area (Å²) in [6, 6.07) is 0. The Balaban J connectivity index is 1.43. The monoisotopic (exact) mass is 280 g/mol. The van der Waals surface area contributed by atoms with Crippen LogP contribution in [0, 0.1) is 0 Å². The Kier molecular flexibility index (Phi) is 4.76. The van der Waals surface area contributed by atoms with Gasteiger partial charge < -0.3 is 14.4 Å². The maximum absolute atomic E-state index is 6.09. The average molecular weight is 280 g/mol. The first-order valence-electron chi connectivity index (χ1n) is 8.11. The summed E-state index contributed by atoms with van der Waals surface area (Å²) in [4.78, 5) is 5.12. The predicted octanol–water partition coefficient (Wildman–Crippen LogP) is 1.52. The zero-order chi connectivity index (χ0) is 13.8. The highest BCUT2D eigenvalue weighted by Crippen LogP contribution is 2.32. The molecule has 4 nitrogen and oxygen atoms in total. The molecule has 0 aromatic carbocycles. The van der Waals surface area contributed by atoms with Gasteiger partial charge in [0.15, 0.2) is 0 Å². The Morgan fingerprint density at radius 1 is 1.00 bits per heavy atom. The number of morpholine rings is 1. The first kappa shape index (κ1) is 14.5. The minimum atomic E-state index is 0.0673. The van der Waals surface area contributed by atoms with Crippen LogP contribution in [0.5, 0.6) is 0 Å². The lowest BCUT2D eigenvalue weighted by molar-refractivity contribution is -0.0581. The lowest BCUT2D eigenvalue weighted by atomic mass is 9.87. The molecule has 0 unspecified atom stereocenters. The van der Waals surface area contributed by atoms with E-state index in [2.05, 4.69) is 22.8 Å². The topological polar surface area (TPSA) is 24.9 Å². The van der Waals surface area contributed by atoms with E-state index in [0.29, 0.717) is 0 Å². The summed E-state index contributed by atoms with van der Waals surface area (Å²) in [6.45, 7) is 11.9. The minimum Gasteiger partial charge on any atom is -0.379 e. The number of nitrogens with zero attached hydrogens (tertiary/aromatic N) is 2. The van der Waals surface area contributed by atoms with Crippen LogP contribution in [0.3, 0.4) is 0 Å². The third-order valence-corrected chi connectivity index (χ3v) is 4.93. The molecule has 0 atom stereocenters. The van der Waals surface area contributed by atoms with Gasteiger partial charge in [-0.1, -0.05) is 11.6 Å². The van der Waals surface area contributed by atoms with Crippen LogP contribution in [0.25, 0.3) is 0 Å². The molecule has 20 heavy (non-hydrogen) atoms. The van der Waals surface area contributed by atoms with Gasteiger partial charge >= 0.3 is 0 Å². The van der Waals surface area contributed by atoms with Crippen molar-refractivity contribution in [2.45, 2.75) is 31.8 Å². The third-order valence-electron chi connectivity index (χ3n) is 4.93. The molecule has 3 heterocycles. The average Bonchev–Trinajstić information content (AvgIpc) is 2.48. The van der Waals surface area contributed by atoms with Crippen LogP contribution in [0.4, 0.5) is 0 Å². The van der Waals surface area contributed by atoms with E-state index < -0.39 is 0 Å². The van der Waals surface area contributed by atoms with Crippen molar-refractivity contribution < 1.29 is 9.47 Å². The van der Waals surface area contributed by atoms with Crippen LogP contribution in [-0.2, 0) is 9.47 Å². The van der Waals surface area contributed by atoms with Crippen molar-refractivity contribution in [2.24, 2.45) is 0 Å². The summed E-state index contributed by atoms with van der Waals surface area (Å²) in [7, 11) is 0. The number of hydrogen-bond acceptors (Lipinski definition) is 4. The molecule has 0 bridgehead atoms. The number of hydrogen-bond donors (Lipinski definition) is 0. The van der Waals surface area contributed by atoms with E-state index in [0.717, 1.165) is 52.2 Å². The molecule has 3 aliphatic heterocycles. The maximum Gasteiger partial charge on any atom is 0.0889 e. The predicted molar refractivity (Wildman–Crippen MR) is 80.0 cm³/mol. The Bertz CT molecular complexity index is 342. The van der Waals surface area contributed by atoms with Crippen molar-refractivity contribution in [2.75, 3.05) is 59.1 Å². The third kappa shape index (κ3) is 3.61. The first-order valence-corrected chi connectivity index (χ1v) is 8.11. The highest BCUT2D eigenvalue weighted by molar-refractivity contribution is 5.14. The molecule has 114 valence electrons. The molecule has 0 aromatic rings. The van der Waals surface area contributed by atoms with Crippen molar-refractivity contribution in [1.82, 2.24) is 9.80 Å².